The van der Waals surface area contributed by atoms with E-state index in [9.17, 15) is 9.59 Å². The Morgan fingerprint density at radius 3 is 2.44 bits per heavy atom. The van der Waals surface area contributed by atoms with Crippen molar-refractivity contribution in [3.63, 3.8) is 0 Å². The van der Waals surface area contributed by atoms with E-state index in [1.165, 1.54) is 4.90 Å². The van der Waals surface area contributed by atoms with Crippen LogP contribution >= 0.6 is 12.2 Å². The number of hydrogen-bond acceptors (Lipinski definition) is 7. The van der Waals surface area contributed by atoms with Crippen molar-refractivity contribution in [2.45, 2.75) is 52.9 Å². The van der Waals surface area contributed by atoms with Crippen LogP contribution in [0.3, 0.4) is 0 Å². The number of carbonyl (C=O) groups is 2. The highest BCUT2D eigenvalue weighted by Gasteiger charge is 2.44. The molecule has 0 spiro atoms. The number of benzene rings is 2. The summed E-state index contributed by atoms with van der Waals surface area (Å²) in [5.74, 6) is -0.246. The lowest BCUT2D eigenvalue weighted by Gasteiger charge is -2.33. The highest BCUT2D eigenvalue weighted by Crippen LogP contribution is 2.28. The molecule has 0 N–H and O–H groups in total. The number of amides is 2. The molecule has 9 heteroatoms. The molecule has 2 aromatic carbocycles. The molecule has 206 valence electrons. The van der Waals surface area contributed by atoms with Gasteiger partial charge in [0.2, 0.25) is 5.91 Å². The van der Waals surface area contributed by atoms with Gasteiger partial charge in [-0.25, -0.2) is 14.7 Å². The predicted molar refractivity (Wildman–Crippen MR) is 151 cm³/mol. The summed E-state index contributed by atoms with van der Waals surface area (Å²) >= 11 is 5.52. The second-order valence-electron chi connectivity index (χ2n) is 10.3. The fraction of sp³-hybridized carbons (Fsp3) is 0.400. The fourth-order valence-electron chi connectivity index (χ4n) is 4.75. The van der Waals surface area contributed by atoms with E-state index in [1.807, 2.05) is 75.4 Å². The number of rotatable bonds is 10. The van der Waals surface area contributed by atoms with Gasteiger partial charge in [0.25, 0.3) is 5.17 Å². The van der Waals surface area contributed by atoms with Gasteiger partial charge in [-0.3, -0.25) is 9.36 Å². The van der Waals surface area contributed by atoms with Gasteiger partial charge in [0.1, 0.15) is 31.4 Å². The predicted octanol–water partition coefficient (Wildman–Crippen LogP) is 5.50. The number of cyclic esters (lactones) is 1. The Bertz CT molecular complexity index is 1250. The summed E-state index contributed by atoms with van der Waals surface area (Å²) in [7, 11) is 0. The van der Waals surface area contributed by atoms with Gasteiger partial charge in [-0.1, -0.05) is 63.2 Å². The third-order valence-corrected chi connectivity index (χ3v) is 7.34. The molecular weight excluding hydrogens is 514 g/mol. The number of ether oxygens (including phenoxy) is 3. The van der Waals surface area contributed by atoms with Gasteiger partial charge in [-0.05, 0) is 60.7 Å². The summed E-state index contributed by atoms with van der Waals surface area (Å²) in [6.45, 7) is 8.43. The zero-order valence-corrected chi connectivity index (χ0v) is 23.5. The maximum absolute atomic E-state index is 13.6. The highest BCUT2D eigenvalue weighted by atomic mass is 32.1. The lowest BCUT2D eigenvalue weighted by atomic mass is 9.87. The molecule has 2 amide bonds. The number of hydrogen-bond donors (Lipinski definition) is 0. The molecule has 0 radical (unpaired) electrons. The Balaban J connectivity index is 1.48. The van der Waals surface area contributed by atoms with Crippen molar-refractivity contribution >= 4 is 29.4 Å². The molecule has 0 unspecified atom stereocenters. The zero-order valence-electron chi connectivity index (χ0n) is 22.7. The number of thiocarbonyl (C=S) groups is 1. The van der Waals surface area contributed by atoms with Crippen LogP contribution < -0.4 is 4.74 Å². The Morgan fingerprint density at radius 2 is 1.79 bits per heavy atom. The first-order valence-corrected chi connectivity index (χ1v) is 13.6. The average molecular weight is 550 g/mol. The maximum Gasteiger partial charge on any atom is 0.416 e. The molecule has 0 bridgehead atoms. The van der Waals surface area contributed by atoms with Crippen molar-refractivity contribution in [1.82, 2.24) is 14.5 Å². The molecule has 39 heavy (non-hydrogen) atoms. The van der Waals surface area contributed by atoms with E-state index in [-0.39, 0.29) is 35.6 Å². The third-order valence-electron chi connectivity index (χ3n) is 7.04. The number of imidazole rings is 1. The second-order valence-corrected chi connectivity index (χ2v) is 10.7. The van der Waals surface area contributed by atoms with Gasteiger partial charge in [0.15, 0.2) is 0 Å². The van der Waals surface area contributed by atoms with E-state index in [1.54, 1.807) is 30.2 Å². The molecule has 4 atom stereocenters. The quantitative estimate of drug-likeness (QED) is 0.309. The van der Waals surface area contributed by atoms with E-state index >= 15 is 0 Å². The average Bonchev–Trinajstić information content (AvgIpc) is 3.61. The van der Waals surface area contributed by atoms with Crippen molar-refractivity contribution in [2.75, 3.05) is 6.61 Å². The number of nitrogens with zero attached hydrogens (tertiary/aromatic N) is 3. The normalized spacial score (nSPS) is 17.4. The monoisotopic (exact) mass is 549 g/mol. The maximum atomic E-state index is 13.6. The van der Waals surface area contributed by atoms with E-state index in [2.05, 4.69) is 4.98 Å². The van der Waals surface area contributed by atoms with Crippen LogP contribution in [0.5, 0.6) is 5.75 Å². The molecule has 4 rings (SSSR count). The van der Waals surface area contributed by atoms with Crippen LogP contribution in [-0.2, 0) is 27.3 Å². The lowest BCUT2D eigenvalue weighted by molar-refractivity contribution is -0.137. The first-order chi connectivity index (χ1) is 18.7. The lowest BCUT2D eigenvalue weighted by Crippen LogP contribution is -2.49. The number of aromatic nitrogens is 2. The van der Waals surface area contributed by atoms with Gasteiger partial charge in [0, 0.05) is 12.4 Å². The molecule has 2 heterocycles. The summed E-state index contributed by atoms with van der Waals surface area (Å²) in [5.41, 5.74) is 2.17. The van der Waals surface area contributed by atoms with Crippen LogP contribution in [0.25, 0.3) is 0 Å². The van der Waals surface area contributed by atoms with Crippen LogP contribution in [0.15, 0.2) is 73.3 Å². The Hall–Kier alpha value is -3.72. The topological polar surface area (TPSA) is 82.9 Å². The summed E-state index contributed by atoms with van der Waals surface area (Å²) in [5, 5.41) is 0.193. The summed E-state index contributed by atoms with van der Waals surface area (Å²) < 4.78 is 19.0. The van der Waals surface area contributed by atoms with Crippen molar-refractivity contribution in [1.29, 1.82) is 0 Å². The Morgan fingerprint density at radius 1 is 1.08 bits per heavy atom. The van der Waals surface area contributed by atoms with Gasteiger partial charge in [0.05, 0.1) is 12.0 Å². The van der Waals surface area contributed by atoms with Crippen LogP contribution in [0.1, 0.15) is 38.8 Å². The van der Waals surface area contributed by atoms with E-state index < -0.39 is 18.1 Å². The fourth-order valence-corrected chi connectivity index (χ4v) is 4.97. The molecule has 1 fully saturated rings. The third kappa shape index (κ3) is 7.03. The zero-order chi connectivity index (χ0) is 27.9. The van der Waals surface area contributed by atoms with Crippen molar-refractivity contribution < 1.29 is 23.8 Å². The number of carbonyl (C=O) groups excluding carboxylic acids is 2. The Kier molecular flexibility index (Phi) is 9.35. The van der Waals surface area contributed by atoms with E-state index in [4.69, 9.17) is 26.4 Å². The molecule has 1 aromatic heterocycles. The molecule has 1 aliphatic heterocycles. The molecule has 0 aliphatic carbocycles. The second kappa shape index (κ2) is 12.9. The molecular formula is C30H35N3O5S. The van der Waals surface area contributed by atoms with Crippen LogP contribution in [-0.4, -0.2) is 50.4 Å². The summed E-state index contributed by atoms with van der Waals surface area (Å²) in [6, 6.07) is 17.6. The van der Waals surface area contributed by atoms with Crippen LogP contribution in [0.4, 0.5) is 4.79 Å². The molecule has 8 nitrogen and oxygen atoms in total. The summed E-state index contributed by atoms with van der Waals surface area (Å²) in [4.78, 5) is 31.4. The molecule has 1 aliphatic rings. The van der Waals surface area contributed by atoms with E-state index in [0.29, 0.717) is 13.0 Å². The smallest absolute Gasteiger partial charge is 0.416 e. The van der Waals surface area contributed by atoms with E-state index in [0.717, 1.165) is 16.9 Å². The van der Waals surface area contributed by atoms with Crippen molar-refractivity contribution in [3.05, 3.63) is 84.4 Å². The highest BCUT2D eigenvalue weighted by molar-refractivity contribution is 7.80. The first-order valence-electron chi connectivity index (χ1n) is 13.2. The molecule has 0 saturated carbocycles. The van der Waals surface area contributed by atoms with Crippen LogP contribution in [0.2, 0.25) is 0 Å². The van der Waals surface area contributed by atoms with Crippen LogP contribution in [0, 0.1) is 17.8 Å². The molecule has 3 aromatic rings. The minimum Gasteiger partial charge on any atom is -0.489 e. The standard InChI is InChI=1S/C30H35N3O5S/c1-20(2)26-18-37-29(35)33(26)28(34)22(4)27(38-30(39)32-15-14-31-19-32)21(3)16-23-10-12-25(13-11-23)36-17-24-8-6-5-7-9-24/h5-15,19-22,26-27H,16-18H2,1-4H3/t21-,22+,26-,27-/m0/s1. The SMILES string of the molecule is CC(C)[C@@H]1COC(=O)N1C(=O)[C@H](C)[C@@H](OC(=S)n1ccnc1)[C@@H](C)Cc1ccc(OCc2ccccc2)cc1. The summed E-state index contributed by atoms with van der Waals surface area (Å²) in [6.07, 6.45) is 4.28. The van der Waals surface area contributed by atoms with Gasteiger partial charge < -0.3 is 14.2 Å². The van der Waals surface area contributed by atoms with Crippen molar-refractivity contribution in [2.24, 2.45) is 17.8 Å². The minimum atomic E-state index is -0.651. The van der Waals surface area contributed by atoms with Gasteiger partial charge in [-0.15, -0.1) is 0 Å². The van der Waals surface area contributed by atoms with Gasteiger partial charge >= 0.3 is 6.09 Å². The minimum absolute atomic E-state index is 0.0686. The first kappa shape index (κ1) is 28.3. The number of imide groups is 1. The largest absolute Gasteiger partial charge is 0.489 e. The van der Waals surface area contributed by atoms with Crippen molar-refractivity contribution in [3.8, 4) is 5.75 Å². The van der Waals surface area contributed by atoms with Gasteiger partial charge in [-0.2, -0.15) is 0 Å². The Labute approximate surface area is 234 Å². The molecule has 1 saturated heterocycles.